The fourth-order valence-electron chi connectivity index (χ4n) is 2.33. The Labute approximate surface area is 131 Å². The molecular formula is C13H15BrClFN4. The topological polar surface area (TPSA) is 42.7 Å². The average molecular weight is 362 g/mol. The van der Waals surface area contributed by atoms with Gasteiger partial charge in [-0.05, 0) is 24.6 Å². The quantitative estimate of drug-likeness (QED) is 0.910. The molecule has 0 atom stereocenters. The monoisotopic (exact) mass is 360 g/mol. The van der Waals surface area contributed by atoms with E-state index in [0.717, 1.165) is 35.5 Å². The highest BCUT2D eigenvalue weighted by Crippen LogP contribution is 2.16. The third kappa shape index (κ3) is 3.19. The molecule has 2 heterocycles. The predicted octanol–water partition coefficient (Wildman–Crippen LogP) is 2.84. The van der Waals surface area contributed by atoms with E-state index in [-0.39, 0.29) is 18.2 Å². The van der Waals surface area contributed by atoms with Crippen molar-refractivity contribution in [3.8, 4) is 0 Å². The van der Waals surface area contributed by atoms with Crippen LogP contribution in [0, 0.1) is 5.82 Å². The summed E-state index contributed by atoms with van der Waals surface area (Å²) in [5.41, 5.74) is 0.649. The Bertz CT molecular complexity index is 602. The van der Waals surface area contributed by atoms with Gasteiger partial charge in [0.1, 0.15) is 17.5 Å². The summed E-state index contributed by atoms with van der Waals surface area (Å²) in [6, 6.07) is 4.96. The minimum atomic E-state index is -0.192. The van der Waals surface area contributed by atoms with E-state index in [1.165, 1.54) is 6.07 Å². The zero-order valence-electron chi connectivity index (χ0n) is 10.8. The van der Waals surface area contributed by atoms with Crippen LogP contribution in [-0.4, -0.2) is 14.8 Å². The van der Waals surface area contributed by atoms with Crippen LogP contribution in [-0.2, 0) is 26.1 Å². The zero-order valence-corrected chi connectivity index (χ0v) is 13.2. The number of hydrogen-bond acceptors (Lipinski definition) is 3. The molecule has 2 aromatic rings. The molecule has 0 bridgehead atoms. The fraction of sp³-hybridized carbons (Fsp3) is 0.385. The van der Waals surface area contributed by atoms with Crippen LogP contribution in [0.15, 0.2) is 22.7 Å². The molecule has 0 fully saturated rings. The summed E-state index contributed by atoms with van der Waals surface area (Å²) in [6.07, 6.45) is 2.14. The lowest BCUT2D eigenvalue weighted by Gasteiger charge is -2.07. The molecule has 1 aromatic heterocycles. The van der Waals surface area contributed by atoms with Gasteiger partial charge in [0.05, 0.1) is 6.54 Å². The summed E-state index contributed by atoms with van der Waals surface area (Å²) in [4.78, 5) is 0. The first-order valence-electron chi connectivity index (χ1n) is 6.29. The molecular weight excluding hydrogens is 347 g/mol. The number of aromatic nitrogens is 3. The number of nitrogens with one attached hydrogen (secondary N) is 1. The van der Waals surface area contributed by atoms with Crippen LogP contribution >= 0.6 is 28.3 Å². The molecule has 4 nitrogen and oxygen atoms in total. The largest absolute Gasteiger partial charge is 0.314 e. The number of hydrogen-bond donors (Lipinski definition) is 1. The van der Waals surface area contributed by atoms with E-state index >= 15 is 0 Å². The van der Waals surface area contributed by atoms with Gasteiger partial charge in [0.2, 0.25) is 0 Å². The van der Waals surface area contributed by atoms with Crippen LogP contribution in [0.2, 0.25) is 0 Å². The lowest BCUT2D eigenvalue weighted by atomic mass is 10.2. The van der Waals surface area contributed by atoms with E-state index in [0.29, 0.717) is 18.7 Å². The minimum absolute atomic E-state index is 0. The summed E-state index contributed by atoms with van der Waals surface area (Å²) in [5.74, 6) is 1.80. The van der Waals surface area contributed by atoms with Crippen molar-refractivity contribution in [3.05, 3.63) is 45.7 Å². The maximum Gasteiger partial charge on any atom is 0.147 e. The first kappa shape index (κ1) is 15.4. The molecule has 0 radical (unpaired) electrons. The molecule has 1 N–H and O–H groups in total. The second-order valence-electron chi connectivity index (χ2n) is 4.63. The van der Waals surface area contributed by atoms with Crippen LogP contribution < -0.4 is 5.32 Å². The molecule has 0 saturated heterocycles. The molecule has 7 heteroatoms. The molecule has 1 aliphatic rings. The number of nitrogens with zero attached hydrogens (tertiary/aromatic N) is 3. The molecule has 1 aromatic carbocycles. The normalized spacial score (nSPS) is 13.1. The van der Waals surface area contributed by atoms with Crippen molar-refractivity contribution in [2.24, 2.45) is 0 Å². The Kier molecular flexibility index (Phi) is 5.12. The van der Waals surface area contributed by atoms with Gasteiger partial charge in [0, 0.05) is 29.5 Å². The number of halogens is 3. The van der Waals surface area contributed by atoms with Crippen LogP contribution in [0.4, 0.5) is 4.39 Å². The Balaban J connectivity index is 0.00000147. The van der Waals surface area contributed by atoms with Gasteiger partial charge in [0.15, 0.2) is 0 Å². The van der Waals surface area contributed by atoms with Gasteiger partial charge in [-0.1, -0.05) is 15.9 Å². The summed E-state index contributed by atoms with van der Waals surface area (Å²) >= 11 is 3.35. The van der Waals surface area contributed by atoms with Gasteiger partial charge >= 0.3 is 0 Å². The maximum absolute atomic E-state index is 13.6. The zero-order chi connectivity index (χ0) is 13.2. The second-order valence-corrected chi connectivity index (χ2v) is 5.54. The third-order valence-electron chi connectivity index (χ3n) is 3.29. The van der Waals surface area contributed by atoms with Crippen molar-refractivity contribution < 1.29 is 4.39 Å². The van der Waals surface area contributed by atoms with Crippen LogP contribution in [0.3, 0.4) is 0 Å². The smallest absolute Gasteiger partial charge is 0.147 e. The van der Waals surface area contributed by atoms with Crippen LogP contribution in [0.1, 0.15) is 23.6 Å². The van der Waals surface area contributed by atoms with Crippen molar-refractivity contribution in [2.75, 3.05) is 0 Å². The van der Waals surface area contributed by atoms with E-state index in [9.17, 15) is 4.39 Å². The number of fused-ring (bicyclic) bond motifs is 1. The summed E-state index contributed by atoms with van der Waals surface area (Å²) in [7, 11) is 0. The van der Waals surface area contributed by atoms with E-state index < -0.39 is 0 Å². The Morgan fingerprint density at radius 1 is 1.30 bits per heavy atom. The van der Waals surface area contributed by atoms with Gasteiger partial charge in [-0.15, -0.1) is 22.6 Å². The highest BCUT2D eigenvalue weighted by atomic mass is 79.9. The summed E-state index contributed by atoms with van der Waals surface area (Å²) in [5, 5.41) is 11.5. The average Bonchev–Trinajstić information content (AvgIpc) is 2.98. The van der Waals surface area contributed by atoms with E-state index in [1.807, 2.05) is 0 Å². The molecule has 1 aliphatic heterocycles. The highest BCUT2D eigenvalue weighted by Gasteiger charge is 2.16. The SMILES string of the molecule is Cl.Fc1ccc(Br)cc1CNCc1nnc2n1CCC2. The molecule has 108 valence electrons. The van der Waals surface area contributed by atoms with Crippen LogP contribution in [0.25, 0.3) is 0 Å². The highest BCUT2D eigenvalue weighted by molar-refractivity contribution is 9.10. The lowest BCUT2D eigenvalue weighted by Crippen LogP contribution is -2.17. The molecule has 0 saturated carbocycles. The molecule has 0 amide bonds. The van der Waals surface area contributed by atoms with E-state index in [2.05, 4.69) is 36.0 Å². The van der Waals surface area contributed by atoms with Gasteiger partial charge in [-0.2, -0.15) is 0 Å². The number of benzene rings is 1. The van der Waals surface area contributed by atoms with Gasteiger partial charge in [0.25, 0.3) is 0 Å². The maximum atomic E-state index is 13.6. The molecule has 0 aliphatic carbocycles. The summed E-state index contributed by atoms with van der Waals surface area (Å²) < 4.78 is 16.6. The van der Waals surface area contributed by atoms with E-state index in [4.69, 9.17) is 0 Å². The number of aryl methyl sites for hydroxylation is 1. The first-order chi connectivity index (χ1) is 9.24. The van der Waals surface area contributed by atoms with Crippen molar-refractivity contribution in [2.45, 2.75) is 32.5 Å². The fourth-order valence-corrected chi connectivity index (χ4v) is 2.74. The van der Waals surface area contributed by atoms with Crippen molar-refractivity contribution in [1.82, 2.24) is 20.1 Å². The Morgan fingerprint density at radius 2 is 2.15 bits per heavy atom. The third-order valence-corrected chi connectivity index (χ3v) is 3.79. The minimum Gasteiger partial charge on any atom is -0.314 e. The molecule has 0 spiro atoms. The summed E-state index contributed by atoms with van der Waals surface area (Å²) in [6.45, 7) is 2.08. The molecule has 3 rings (SSSR count). The van der Waals surface area contributed by atoms with Crippen LogP contribution in [0.5, 0.6) is 0 Å². The number of rotatable bonds is 4. The first-order valence-corrected chi connectivity index (χ1v) is 7.09. The Morgan fingerprint density at radius 3 is 3.00 bits per heavy atom. The standard InChI is InChI=1S/C13H14BrFN4.ClH/c14-10-3-4-11(15)9(6-10)7-16-8-13-18-17-12-2-1-5-19(12)13;/h3-4,6,16H,1-2,5,7-8H2;1H. The second kappa shape index (κ2) is 6.65. The van der Waals surface area contributed by atoms with Crippen molar-refractivity contribution in [1.29, 1.82) is 0 Å². The van der Waals surface area contributed by atoms with Gasteiger partial charge in [-0.3, -0.25) is 0 Å². The van der Waals surface area contributed by atoms with Gasteiger partial charge < -0.3 is 9.88 Å². The Hall–Kier alpha value is -0.980. The van der Waals surface area contributed by atoms with E-state index in [1.54, 1.807) is 12.1 Å². The van der Waals surface area contributed by atoms with Crippen molar-refractivity contribution in [3.63, 3.8) is 0 Å². The molecule has 0 unspecified atom stereocenters. The van der Waals surface area contributed by atoms with Gasteiger partial charge in [-0.25, -0.2) is 4.39 Å². The molecule has 20 heavy (non-hydrogen) atoms. The van der Waals surface area contributed by atoms with Crippen molar-refractivity contribution >= 4 is 28.3 Å². The lowest BCUT2D eigenvalue weighted by molar-refractivity contribution is 0.570. The predicted molar refractivity (Wildman–Crippen MR) is 80.2 cm³/mol.